The van der Waals surface area contributed by atoms with Gasteiger partial charge in [0, 0.05) is 6.04 Å². The highest BCUT2D eigenvalue weighted by atomic mass is 19.1. The minimum Gasteiger partial charge on any atom is -0.372 e. The van der Waals surface area contributed by atoms with Gasteiger partial charge in [-0.05, 0) is 24.1 Å². The van der Waals surface area contributed by atoms with Gasteiger partial charge in [-0.1, -0.05) is 12.1 Å². The third kappa shape index (κ3) is 1.87. The van der Waals surface area contributed by atoms with Crippen molar-refractivity contribution in [1.82, 2.24) is 0 Å². The molecule has 1 saturated heterocycles. The number of halogens is 1. The summed E-state index contributed by atoms with van der Waals surface area (Å²) in [5.41, 5.74) is 6.70. The van der Waals surface area contributed by atoms with E-state index in [1.54, 1.807) is 12.1 Å². The fourth-order valence-electron chi connectivity index (χ4n) is 1.56. The van der Waals surface area contributed by atoms with E-state index in [0.717, 1.165) is 12.0 Å². The van der Waals surface area contributed by atoms with E-state index in [1.807, 2.05) is 0 Å². The highest BCUT2D eigenvalue weighted by Gasteiger charge is 2.23. The summed E-state index contributed by atoms with van der Waals surface area (Å²) in [6.45, 7) is 0.599. The fourth-order valence-corrected chi connectivity index (χ4v) is 1.56. The number of hydrogen-bond donors (Lipinski definition) is 1. The molecule has 0 unspecified atom stereocenters. The van der Waals surface area contributed by atoms with Crippen molar-refractivity contribution in [1.29, 1.82) is 0 Å². The molecule has 1 fully saturated rings. The van der Waals surface area contributed by atoms with E-state index in [1.165, 1.54) is 12.1 Å². The van der Waals surface area contributed by atoms with Gasteiger partial charge in [0.2, 0.25) is 0 Å². The van der Waals surface area contributed by atoms with Gasteiger partial charge in [-0.2, -0.15) is 0 Å². The average Bonchev–Trinajstić information content (AvgIpc) is 2.53. The molecule has 0 aromatic heterocycles. The molecule has 1 aromatic rings. The van der Waals surface area contributed by atoms with Crippen molar-refractivity contribution in [2.45, 2.75) is 18.6 Å². The van der Waals surface area contributed by atoms with Gasteiger partial charge in [0.15, 0.2) is 0 Å². The second kappa shape index (κ2) is 3.44. The number of hydrogen-bond acceptors (Lipinski definition) is 2. The van der Waals surface area contributed by atoms with Crippen molar-refractivity contribution in [3.05, 3.63) is 35.6 Å². The van der Waals surface area contributed by atoms with E-state index < -0.39 is 0 Å². The van der Waals surface area contributed by atoms with E-state index in [2.05, 4.69) is 0 Å². The Labute approximate surface area is 76.5 Å². The number of rotatable bonds is 1. The van der Waals surface area contributed by atoms with E-state index >= 15 is 0 Å². The molecule has 3 heteroatoms. The second-order valence-electron chi connectivity index (χ2n) is 3.37. The fraction of sp³-hybridized carbons (Fsp3) is 0.400. The zero-order valence-corrected chi connectivity index (χ0v) is 7.24. The minimum absolute atomic E-state index is 0.0515. The lowest BCUT2D eigenvalue weighted by molar-refractivity contribution is 0.110. The van der Waals surface area contributed by atoms with Gasteiger partial charge < -0.3 is 10.5 Å². The Balaban J connectivity index is 2.13. The van der Waals surface area contributed by atoms with Gasteiger partial charge >= 0.3 is 0 Å². The minimum atomic E-state index is -0.217. The maximum absolute atomic E-state index is 12.6. The van der Waals surface area contributed by atoms with Crippen molar-refractivity contribution in [2.75, 3.05) is 6.61 Å². The molecule has 0 aliphatic carbocycles. The smallest absolute Gasteiger partial charge is 0.123 e. The first kappa shape index (κ1) is 8.66. The number of ether oxygens (including phenoxy) is 1. The molecular formula is C10H12FNO. The molecule has 2 N–H and O–H groups in total. The summed E-state index contributed by atoms with van der Waals surface area (Å²) in [5, 5.41) is 0. The Morgan fingerprint density at radius 2 is 2.00 bits per heavy atom. The van der Waals surface area contributed by atoms with Crippen LogP contribution in [0.5, 0.6) is 0 Å². The van der Waals surface area contributed by atoms with Crippen molar-refractivity contribution < 1.29 is 9.13 Å². The molecular weight excluding hydrogens is 169 g/mol. The predicted molar refractivity (Wildman–Crippen MR) is 47.7 cm³/mol. The molecule has 70 valence electrons. The Kier molecular flexibility index (Phi) is 2.29. The zero-order chi connectivity index (χ0) is 9.26. The molecule has 0 bridgehead atoms. The van der Waals surface area contributed by atoms with Gasteiger partial charge in [-0.3, -0.25) is 0 Å². The van der Waals surface area contributed by atoms with Gasteiger partial charge in [0.25, 0.3) is 0 Å². The SMILES string of the molecule is N[C@@H]1CO[C@H](c2ccc(F)cc2)C1. The van der Waals surface area contributed by atoms with Crippen molar-refractivity contribution in [3.63, 3.8) is 0 Å². The van der Waals surface area contributed by atoms with Crippen LogP contribution in [0.15, 0.2) is 24.3 Å². The summed E-state index contributed by atoms with van der Waals surface area (Å²) in [5.74, 6) is -0.217. The van der Waals surface area contributed by atoms with Crippen LogP contribution in [0, 0.1) is 5.82 Å². The van der Waals surface area contributed by atoms with E-state index in [9.17, 15) is 4.39 Å². The van der Waals surface area contributed by atoms with Gasteiger partial charge in [-0.15, -0.1) is 0 Å². The summed E-state index contributed by atoms with van der Waals surface area (Å²) >= 11 is 0. The predicted octanol–water partition coefficient (Wildman–Crippen LogP) is 1.61. The summed E-state index contributed by atoms with van der Waals surface area (Å²) < 4.78 is 18.0. The molecule has 2 atom stereocenters. The van der Waals surface area contributed by atoms with Crippen LogP contribution in [0.4, 0.5) is 4.39 Å². The first-order chi connectivity index (χ1) is 6.25. The molecule has 1 heterocycles. The van der Waals surface area contributed by atoms with Gasteiger partial charge in [-0.25, -0.2) is 4.39 Å². The van der Waals surface area contributed by atoms with E-state index in [0.29, 0.717) is 6.61 Å². The van der Waals surface area contributed by atoms with E-state index in [4.69, 9.17) is 10.5 Å². The largest absolute Gasteiger partial charge is 0.372 e. The van der Waals surface area contributed by atoms with Crippen LogP contribution in [0.3, 0.4) is 0 Å². The maximum Gasteiger partial charge on any atom is 0.123 e. The van der Waals surface area contributed by atoms with Crippen LogP contribution < -0.4 is 5.73 Å². The average molecular weight is 181 g/mol. The Hall–Kier alpha value is -0.930. The molecule has 2 rings (SSSR count). The van der Waals surface area contributed by atoms with Gasteiger partial charge in [0.1, 0.15) is 5.82 Å². The topological polar surface area (TPSA) is 35.2 Å². The molecule has 13 heavy (non-hydrogen) atoms. The Morgan fingerprint density at radius 3 is 2.54 bits per heavy atom. The van der Waals surface area contributed by atoms with Gasteiger partial charge in [0.05, 0.1) is 12.7 Å². The van der Waals surface area contributed by atoms with Crippen molar-refractivity contribution >= 4 is 0 Å². The highest BCUT2D eigenvalue weighted by Crippen LogP contribution is 2.27. The molecule has 0 saturated carbocycles. The summed E-state index contributed by atoms with van der Waals surface area (Å²) in [6, 6.07) is 6.51. The molecule has 0 amide bonds. The first-order valence-corrected chi connectivity index (χ1v) is 4.38. The number of nitrogens with two attached hydrogens (primary N) is 1. The molecule has 1 aromatic carbocycles. The summed E-state index contributed by atoms with van der Waals surface area (Å²) in [7, 11) is 0. The molecule has 1 aliphatic heterocycles. The highest BCUT2D eigenvalue weighted by molar-refractivity contribution is 5.19. The molecule has 0 radical (unpaired) electrons. The Morgan fingerprint density at radius 1 is 1.31 bits per heavy atom. The van der Waals surface area contributed by atoms with Crippen LogP contribution in [0.1, 0.15) is 18.1 Å². The lowest BCUT2D eigenvalue weighted by Gasteiger charge is -2.08. The molecule has 0 spiro atoms. The van der Waals surface area contributed by atoms with Crippen LogP contribution >= 0.6 is 0 Å². The third-order valence-electron chi connectivity index (χ3n) is 2.27. The summed E-state index contributed by atoms with van der Waals surface area (Å²) in [6.07, 6.45) is 0.877. The van der Waals surface area contributed by atoms with Crippen molar-refractivity contribution in [2.24, 2.45) is 5.73 Å². The zero-order valence-electron chi connectivity index (χ0n) is 7.24. The third-order valence-corrected chi connectivity index (χ3v) is 2.27. The van der Waals surface area contributed by atoms with Crippen molar-refractivity contribution in [3.8, 4) is 0 Å². The quantitative estimate of drug-likeness (QED) is 0.714. The Bertz CT molecular complexity index is 285. The lowest BCUT2D eigenvalue weighted by atomic mass is 10.1. The first-order valence-electron chi connectivity index (χ1n) is 4.38. The van der Waals surface area contributed by atoms with Crippen LogP contribution in [0.25, 0.3) is 0 Å². The monoisotopic (exact) mass is 181 g/mol. The normalized spacial score (nSPS) is 27.8. The van der Waals surface area contributed by atoms with Crippen LogP contribution in [-0.4, -0.2) is 12.6 Å². The maximum atomic E-state index is 12.6. The van der Waals surface area contributed by atoms with Crippen LogP contribution in [-0.2, 0) is 4.74 Å². The standard InChI is InChI=1S/C10H12FNO/c11-8-3-1-7(2-4-8)10-5-9(12)6-13-10/h1-4,9-10H,5-6,12H2/t9-,10-/m0/s1. The van der Waals surface area contributed by atoms with Crippen LogP contribution in [0.2, 0.25) is 0 Å². The van der Waals surface area contributed by atoms with E-state index in [-0.39, 0.29) is 18.0 Å². The number of benzene rings is 1. The molecule has 1 aliphatic rings. The summed E-state index contributed by atoms with van der Waals surface area (Å²) in [4.78, 5) is 0. The molecule has 2 nitrogen and oxygen atoms in total. The lowest BCUT2D eigenvalue weighted by Crippen LogP contribution is -2.18. The second-order valence-corrected chi connectivity index (χ2v) is 3.37.